The summed E-state index contributed by atoms with van der Waals surface area (Å²) in [7, 11) is -4.16. The van der Waals surface area contributed by atoms with Gasteiger partial charge in [0.05, 0.1) is 10.6 Å². The normalized spacial score (nSPS) is 12.0. The second kappa shape index (κ2) is 14.8. The fourth-order valence-corrected chi connectivity index (χ4v) is 6.16. The number of sulfonamides is 1. The highest BCUT2D eigenvalue weighted by atomic mass is 32.2. The molecule has 0 aliphatic rings. The van der Waals surface area contributed by atoms with Crippen molar-refractivity contribution in [1.82, 2.24) is 10.2 Å². The van der Waals surface area contributed by atoms with E-state index in [1.165, 1.54) is 29.2 Å². The largest absolute Gasteiger partial charge is 0.354 e. The molecule has 0 aromatic heterocycles. The summed E-state index contributed by atoms with van der Waals surface area (Å²) in [5.41, 5.74) is 2.68. The zero-order chi connectivity index (χ0) is 31.7. The maximum atomic E-state index is 14.4. The second-order valence-corrected chi connectivity index (χ2v) is 13.0. The molecule has 0 saturated carbocycles. The molecule has 44 heavy (non-hydrogen) atoms. The van der Waals surface area contributed by atoms with Crippen molar-refractivity contribution in [3.05, 3.63) is 132 Å². The van der Waals surface area contributed by atoms with Crippen LogP contribution in [0.3, 0.4) is 0 Å². The SMILES string of the molecule is Cc1ccc(N(CC(=O)N(Cc2ccc(F)cc2)C(Cc2ccccc2)C(=O)NCC(C)C)S(=O)(=O)c2ccccc2)cc1. The first-order valence-corrected chi connectivity index (χ1v) is 16.0. The molecule has 4 aromatic rings. The molecule has 9 heteroatoms. The standard InChI is InChI=1S/C35H38FN3O4S/c1-26(2)23-37-35(41)33(22-28-10-6-4-7-11-28)38(24-29-16-18-30(36)19-17-29)34(40)25-39(31-20-14-27(3)15-21-31)44(42,43)32-12-8-5-9-13-32/h4-21,26,33H,22-25H2,1-3H3,(H,37,41). The molecule has 7 nitrogen and oxygen atoms in total. The molecule has 0 saturated heterocycles. The van der Waals surface area contributed by atoms with Crippen molar-refractivity contribution in [1.29, 1.82) is 0 Å². The average Bonchev–Trinajstić information content (AvgIpc) is 3.02. The van der Waals surface area contributed by atoms with Crippen LogP contribution < -0.4 is 9.62 Å². The number of rotatable bonds is 13. The predicted octanol–water partition coefficient (Wildman–Crippen LogP) is 5.74. The predicted molar refractivity (Wildman–Crippen MR) is 171 cm³/mol. The topological polar surface area (TPSA) is 86.8 Å². The van der Waals surface area contributed by atoms with Gasteiger partial charge in [-0.3, -0.25) is 13.9 Å². The lowest BCUT2D eigenvalue weighted by molar-refractivity contribution is -0.140. The molecular formula is C35H38FN3O4S. The second-order valence-electron chi connectivity index (χ2n) is 11.2. The average molecular weight is 616 g/mol. The van der Waals surface area contributed by atoms with Gasteiger partial charge in [-0.2, -0.15) is 0 Å². The lowest BCUT2D eigenvalue weighted by Gasteiger charge is -2.34. The molecular weight excluding hydrogens is 577 g/mol. The Labute approximate surface area is 259 Å². The fourth-order valence-electron chi connectivity index (χ4n) is 4.72. The quantitative estimate of drug-likeness (QED) is 0.208. The van der Waals surface area contributed by atoms with E-state index in [9.17, 15) is 22.4 Å². The number of hydrogen-bond donors (Lipinski definition) is 1. The molecule has 0 aliphatic carbocycles. The van der Waals surface area contributed by atoms with Crippen LogP contribution in [0.15, 0.2) is 114 Å². The number of benzene rings is 4. The van der Waals surface area contributed by atoms with E-state index >= 15 is 0 Å². The number of halogens is 1. The Hall–Kier alpha value is -4.50. The van der Waals surface area contributed by atoms with Crippen LogP contribution in [0.5, 0.6) is 0 Å². The van der Waals surface area contributed by atoms with Gasteiger partial charge < -0.3 is 10.2 Å². The third-order valence-corrected chi connectivity index (χ3v) is 8.94. The highest BCUT2D eigenvalue weighted by molar-refractivity contribution is 7.92. The number of carbonyl (C=O) groups excluding carboxylic acids is 2. The van der Waals surface area contributed by atoms with Crippen LogP contribution in [0, 0.1) is 18.7 Å². The molecule has 2 amide bonds. The summed E-state index contributed by atoms with van der Waals surface area (Å²) in [6, 6.07) is 28.9. The molecule has 4 rings (SSSR count). The molecule has 1 unspecified atom stereocenters. The summed E-state index contributed by atoms with van der Waals surface area (Å²) in [4.78, 5) is 29.6. The lowest BCUT2D eigenvalue weighted by Crippen LogP contribution is -2.53. The van der Waals surface area contributed by atoms with Crippen molar-refractivity contribution >= 4 is 27.5 Å². The Bertz CT molecular complexity index is 1630. The van der Waals surface area contributed by atoms with Gasteiger partial charge in [0.15, 0.2) is 0 Å². The molecule has 0 spiro atoms. The summed E-state index contributed by atoms with van der Waals surface area (Å²) in [5, 5.41) is 2.96. The molecule has 1 N–H and O–H groups in total. The van der Waals surface area contributed by atoms with Crippen LogP contribution in [0.2, 0.25) is 0 Å². The van der Waals surface area contributed by atoms with E-state index in [-0.39, 0.29) is 29.7 Å². The summed E-state index contributed by atoms with van der Waals surface area (Å²) in [6.07, 6.45) is 0.202. The van der Waals surface area contributed by atoms with E-state index < -0.39 is 34.3 Å². The summed E-state index contributed by atoms with van der Waals surface area (Å²) in [5.74, 6) is -1.19. The van der Waals surface area contributed by atoms with Gasteiger partial charge in [-0.25, -0.2) is 12.8 Å². The van der Waals surface area contributed by atoms with Gasteiger partial charge in [0.1, 0.15) is 18.4 Å². The Balaban J connectivity index is 1.78. The maximum Gasteiger partial charge on any atom is 0.264 e. The number of carbonyl (C=O) groups is 2. The number of amides is 2. The number of nitrogens with zero attached hydrogens (tertiary/aromatic N) is 2. The molecule has 4 aromatic carbocycles. The number of hydrogen-bond acceptors (Lipinski definition) is 4. The van der Waals surface area contributed by atoms with E-state index in [0.29, 0.717) is 17.8 Å². The third-order valence-electron chi connectivity index (χ3n) is 7.15. The first kappa shape index (κ1) is 32.4. The van der Waals surface area contributed by atoms with Crippen LogP contribution >= 0.6 is 0 Å². The highest BCUT2D eigenvalue weighted by Gasteiger charge is 2.34. The lowest BCUT2D eigenvalue weighted by atomic mass is 10.0. The van der Waals surface area contributed by atoms with Crippen LogP contribution in [-0.2, 0) is 32.6 Å². The molecule has 0 aliphatic heterocycles. The van der Waals surface area contributed by atoms with Gasteiger partial charge in [-0.1, -0.05) is 92.2 Å². The fraction of sp³-hybridized carbons (Fsp3) is 0.257. The molecule has 0 radical (unpaired) electrons. The van der Waals surface area contributed by atoms with E-state index in [0.717, 1.165) is 15.4 Å². The van der Waals surface area contributed by atoms with Gasteiger partial charge in [-0.15, -0.1) is 0 Å². The zero-order valence-electron chi connectivity index (χ0n) is 25.2. The zero-order valence-corrected chi connectivity index (χ0v) is 26.0. The van der Waals surface area contributed by atoms with Crippen molar-refractivity contribution in [3.63, 3.8) is 0 Å². The molecule has 0 fully saturated rings. The Morgan fingerprint density at radius 1 is 0.795 bits per heavy atom. The summed E-state index contributed by atoms with van der Waals surface area (Å²) < 4.78 is 42.8. The van der Waals surface area contributed by atoms with Crippen molar-refractivity contribution < 1.29 is 22.4 Å². The minimum Gasteiger partial charge on any atom is -0.354 e. The smallest absolute Gasteiger partial charge is 0.264 e. The molecule has 0 heterocycles. The van der Waals surface area contributed by atoms with Crippen LogP contribution in [-0.4, -0.2) is 44.3 Å². The van der Waals surface area contributed by atoms with Crippen molar-refractivity contribution in [3.8, 4) is 0 Å². The van der Waals surface area contributed by atoms with Crippen LogP contribution in [0.4, 0.5) is 10.1 Å². The highest BCUT2D eigenvalue weighted by Crippen LogP contribution is 2.25. The van der Waals surface area contributed by atoms with E-state index in [1.807, 2.05) is 51.1 Å². The first-order chi connectivity index (χ1) is 21.0. The minimum absolute atomic E-state index is 0.0289. The number of anilines is 1. The molecule has 0 bridgehead atoms. The van der Waals surface area contributed by atoms with Gasteiger partial charge in [0.2, 0.25) is 11.8 Å². The third kappa shape index (κ3) is 8.54. The van der Waals surface area contributed by atoms with E-state index in [1.54, 1.807) is 54.6 Å². The number of aryl methyl sites for hydroxylation is 1. The maximum absolute atomic E-state index is 14.4. The minimum atomic E-state index is -4.16. The van der Waals surface area contributed by atoms with Gasteiger partial charge >= 0.3 is 0 Å². The van der Waals surface area contributed by atoms with Gasteiger partial charge in [-0.05, 0) is 60.4 Å². The van der Waals surface area contributed by atoms with Crippen molar-refractivity contribution in [2.75, 3.05) is 17.4 Å². The monoisotopic (exact) mass is 615 g/mol. The van der Waals surface area contributed by atoms with E-state index in [2.05, 4.69) is 5.32 Å². The number of nitrogens with one attached hydrogen (secondary N) is 1. The van der Waals surface area contributed by atoms with Crippen LogP contribution in [0.25, 0.3) is 0 Å². The van der Waals surface area contributed by atoms with Gasteiger partial charge in [0.25, 0.3) is 10.0 Å². The van der Waals surface area contributed by atoms with E-state index in [4.69, 9.17) is 0 Å². The first-order valence-electron chi connectivity index (χ1n) is 14.5. The Morgan fingerprint density at radius 3 is 1.98 bits per heavy atom. The Kier molecular flexibility index (Phi) is 10.9. The van der Waals surface area contributed by atoms with Crippen LogP contribution in [0.1, 0.15) is 30.5 Å². The molecule has 230 valence electrons. The molecule has 1 atom stereocenters. The van der Waals surface area contributed by atoms with Gasteiger partial charge in [0, 0.05) is 19.5 Å². The summed E-state index contributed by atoms with van der Waals surface area (Å²) >= 11 is 0. The van der Waals surface area contributed by atoms with Crippen molar-refractivity contribution in [2.24, 2.45) is 5.92 Å². The summed E-state index contributed by atoms with van der Waals surface area (Å²) in [6.45, 7) is 5.66. The Morgan fingerprint density at radius 2 is 1.39 bits per heavy atom. The van der Waals surface area contributed by atoms with Crippen molar-refractivity contribution in [2.45, 2.75) is 44.7 Å².